The Balaban J connectivity index is 2.05. The van der Waals surface area contributed by atoms with Gasteiger partial charge < -0.3 is 9.47 Å². The molecule has 118 valence electrons. The molecule has 3 rings (SSSR count). The van der Waals surface area contributed by atoms with E-state index in [0.29, 0.717) is 0 Å². The molecule has 1 aromatic heterocycles. The van der Waals surface area contributed by atoms with Crippen molar-refractivity contribution in [1.82, 2.24) is 9.88 Å². The number of carbonyl (C=O) groups is 2. The molecule has 2 aliphatic heterocycles. The van der Waals surface area contributed by atoms with Gasteiger partial charge in [-0.15, -0.1) is 0 Å². The zero-order chi connectivity index (χ0) is 15.7. The van der Waals surface area contributed by atoms with Gasteiger partial charge in [0.15, 0.2) is 0 Å². The van der Waals surface area contributed by atoms with Crippen LogP contribution in [-0.2, 0) is 19.1 Å². The van der Waals surface area contributed by atoms with Crippen LogP contribution in [0.5, 0.6) is 0 Å². The highest BCUT2D eigenvalue weighted by Gasteiger charge is 2.57. The number of methoxy groups -OCH3 is 2. The van der Waals surface area contributed by atoms with E-state index in [1.54, 1.807) is 12.4 Å². The second-order valence-electron chi connectivity index (χ2n) is 5.77. The van der Waals surface area contributed by atoms with Crippen LogP contribution in [0.15, 0.2) is 24.5 Å². The second kappa shape index (κ2) is 6.04. The number of ether oxygens (including phenoxy) is 2. The van der Waals surface area contributed by atoms with Gasteiger partial charge in [0.25, 0.3) is 0 Å². The van der Waals surface area contributed by atoms with Crippen LogP contribution >= 0.6 is 0 Å². The van der Waals surface area contributed by atoms with Gasteiger partial charge in [-0.1, -0.05) is 0 Å². The number of esters is 2. The average Bonchev–Trinajstić information content (AvgIpc) is 3.13. The van der Waals surface area contributed by atoms with Crippen LogP contribution in [0.3, 0.4) is 0 Å². The maximum absolute atomic E-state index is 12.4. The van der Waals surface area contributed by atoms with Crippen LogP contribution in [0.25, 0.3) is 0 Å². The fraction of sp³-hybridized carbons (Fsp3) is 0.562. The van der Waals surface area contributed by atoms with Crippen LogP contribution in [0, 0.1) is 11.8 Å². The van der Waals surface area contributed by atoms with Crippen molar-refractivity contribution in [3.8, 4) is 0 Å². The maximum Gasteiger partial charge on any atom is 0.311 e. The number of hydrogen-bond acceptors (Lipinski definition) is 6. The van der Waals surface area contributed by atoms with Gasteiger partial charge in [0.1, 0.15) is 0 Å². The van der Waals surface area contributed by atoms with Crippen LogP contribution < -0.4 is 0 Å². The number of fused-ring (bicyclic) bond motifs is 1. The Morgan fingerprint density at radius 3 is 2.41 bits per heavy atom. The molecule has 0 saturated carbocycles. The quantitative estimate of drug-likeness (QED) is 0.781. The molecule has 0 spiro atoms. The fourth-order valence-electron chi connectivity index (χ4n) is 4.00. The number of pyridine rings is 1. The van der Waals surface area contributed by atoms with Crippen molar-refractivity contribution in [3.05, 3.63) is 30.1 Å². The smallest absolute Gasteiger partial charge is 0.311 e. The third kappa shape index (κ3) is 2.27. The molecule has 1 aromatic rings. The lowest BCUT2D eigenvalue weighted by atomic mass is 9.83. The topological polar surface area (TPSA) is 68.7 Å². The highest BCUT2D eigenvalue weighted by molar-refractivity contribution is 5.84. The monoisotopic (exact) mass is 304 g/mol. The summed E-state index contributed by atoms with van der Waals surface area (Å²) in [7, 11) is 2.74. The van der Waals surface area contributed by atoms with Gasteiger partial charge in [-0.25, -0.2) is 0 Å². The van der Waals surface area contributed by atoms with Crippen LogP contribution in [0.1, 0.15) is 24.4 Å². The Morgan fingerprint density at radius 1 is 1.14 bits per heavy atom. The van der Waals surface area contributed by atoms with E-state index in [4.69, 9.17) is 9.47 Å². The average molecular weight is 304 g/mol. The van der Waals surface area contributed by atoms with E-state index in [0.717, 1.165) is 24.9 Å². The lowest BCUT2D eigenvalue weighted by molar-refractivity contribution is -0.157. The van der Waals surface area contributed by atoms with Crippen molar-refractivity contribution in [2.45, 2.75) is 24.9 Å². The summed E-state index contributed by atoms with van der Waals surface area (Å²) in [4.78, 5) is 31.0. The summed E-state index contributed by atoms with van der Waals surface area (Å²) in [5.41, 5.74) is 0.990. The van der Waals surface area contributed by atoms with Gasteiger partial charge in [-0.3, -0.25) is 19.5 Å². The third-order valence-electron chi connectivity index (χ3n) is 4.84. The number of carbonyl (C=O) groups excluding carboxylic acids is 2. The van der Waals surface area contributed by atoms with Gasteiger partial charge in [-0.2, -0.15) is 0 Å². The molecular formula is C16H20N2O4. The molecule has 0 aromatic carbocycles. The van der Waals surface area contributed by atoms with Gasteiger partial charge in [0, 0.05) is 24.5 Å². The van der Waals surface area contributed by atoms with Gasteiger partial charge in [-0.05, 0) is 37.1 Å². The molecule has 0 bridgehead atoms. The summed E-state index contributed by atoms with van der Waals surface area (Å²) in [6.45, 7) is 0.874. The molecule has 0 unspecified atom stereocenters. The van der Waals surface area contributed by atoms with Crippen LogP contribution in [0.4, 0.5) is 0 Å². The zero-order valence-electron chi connectivity index (χ0n) is 12.8. The first-order valence-corrected chi connectivity index (χ1v) is 7.50. The van der Waals surface area contributed by atoms with E-state index in [1.807, 2.05) is 12.1 Å². The highest BCUT2D eigenvalue weighted by Crippen LogP contribution is 2.49. The summed E-state index contributed by atoms with van der Waals surface area (Å²) in [6.07, 6.45) is 5.34. The third-order valence-corrected chi connectivity index (χ3v) is 4.84. The number of hydrogen-bond donors (Lipinski definition) is 0. The summed E-state index contributed by atoms with van der Waals surface area (Å²) < 4.78 is 9.95. The summed E-state index contributed by atoms with van der Waals surface area (Å²) >= 11 is 0. The van der Waals surface area contributed by atoms with Crippen molar-refractivity contribution in [1.29, 1.82) is 0 Å². The molecule has 2 fully saturated rings. The highest BCUT2D eigenvalue weighted by atomic mass is 16.5. The minimum atomic E-state index is -0.537. The summed E-state index contributed by atoms with van der Waals surface area (Å²) in [5.74, 6) is -1.70. The standard InChI is InChI=1S/C16H20N2O4/c1-21-15(19)12-11-4-3-9-18(11)14(13(12)16(20)22-2)10-5-7-17-8-6-10/h5-8,11-14H,3-4,9H2,1-2H3/t11-,12-,13+,14-/m1/s1. The van der Waals surface area contributed by atoms with E-state index < -0.39 is 11.8 Å². The molecule has 2 saturated heterocycles. The second-order valence-corrected chi connectivity index (χ2v) is 5.77. The van der Waals surface area contributed by atoms with Crippen LogP contribution in [0.2, 0.25) is 0 Å². The number of nitrogens with zero attached hydrogens (tertiary/aromatic N) is 2. The van der Waals surface area contributed by atoms with Crippen molar-refractivity contribution in [2.24, 2.45) is 11.8 Å². The normalized spacial score (nSPS) is 30.8. The molecule has 0 aliphatic carbocycles. The van der Waals surface area contributed by atoms with E-state index >= 15 is 0 Å². The first kappa shape index (κ1) is 15.0. The van der Waals surface area contributed by atoms with Gasteiger partial charge in [0.2, 0.25) is 0 Å². The molecule has 2 aliphatic rings. The van der Waals surface area contributed by atoms with E-state index in [9.17, 15) is 9.59 Å². The van der Waals surface area contributed by atoms with Crippen molar-refractivity contribution in [2.75, 3.05) is 20.8 Å². The van der Waals surface area contributed by atoms with Crippen molar-refractivity contribution < 1.29 is 19.1 Å². The maximum atomic E-state index is 12.4. The number of rotatable bonds is 3. The van der Waals surface area contributed by atoms with E-state index in [-0.39, 0.29) is 24.0 Å². The van der Waals surface area contributed by atoms with Gasteiger partial charge >= 0.3 is 11.9 Å². The first-order valence-electron chi connectivity index (χ1n) is 7.50. The van der Waals surface area contributed by atoms with Crippen molar-refractivity contribution >= 4 is 11.9 Å². The lowest BCUT2D eigenvalue weighted by Gasteiger charge is -2.26. The Kier molecular flexibility index (Phi) is 4.11. The molecule has 0 amide bonds. The van der Waals surface area contributed by atoms with Gasteiger partial charge in [0.05, 0.1) is 26.1 Å². The largest absolute Gasteiger partial charge is 0.469 e. The molecule has 6 nitrogen and oxygen atoms in total. The van der Waals surface area contributed by atoms with Crippen molar-refractivity contribution in [3.63, 3.8) is 0 Å². The molecule has 22 heavy (non-hydrogen) atoms. The molecule has 6 heteroatoms. The molecular weight excluding hydrogens is 284 g/mol. The fourth-order valence-corrected chi connectivity index (χ4v) is 4.00. The predicted molar refractivity (Wildman–Crippen MR) is 77.7 cm³/mol. The Bertz CT molecular complexity index is 563. The lowest BCUT2D eigenvalue weighted by Crippen LogP contribution is -2.35. The molecule has 0 radical (unpaired) electrons. The molecule has 0 N–H and O–H groups in total. The van der Waals surface area contributed by atoms with E-state index in [1.165, 1.54) is 14.2 Å². The Labute approximate surface area is 129 Å². The minimum absolute atomic E-state index is 0.0368. The first-order chi connectivity index (χ1) is 10.7. The van der Waals surface area contributed by atoms with E-state index in [2.05, 4.69) is 9.88 Å². The summed E-state index contributed by atoms with van der Waals surface area (Å²) in [5, 5.41) is 0. The number of aromatic nitrogens is 1. The van der Waals surface area contributed by atoms with Crippen LogP contribution in [-0.4, -0.2) is 48.6 Å². The molecule has 3 heterocycles. The Hall–Kier alpha value is -1.95. The SMILES string of the molecule is COC(=O)[C@H]1[C@H](C(=O)OC)[C@@H](c2ccncc2)N2CCC[C@H]12. The Morgan fingerprint density at radius 2 is 1.77 bits per heavy atom. The predicted octanol–water partition coefficient (Wildman–Crippen LogP) is 1.18. The summed E-state index contributed by atoms with van der Waals surface area (Å²) in [6, 6.07) is 3.67. The zero-order valence-corrected chi connectivity index (χ0v) is 12.8. The molecule has 4 atom stereocenters. The minimum Gasteiger partial charge on any atom is -0.469 e.